The highest BCUT2D eigenvalue weighted by Gasteiger charge is 2.23. The Hall–Kier alpha value is -1.03. The number of aromatic nitrogens is 2. The molecule has 0 aromatic carbocycles. The number of hydrogen-bond donors (Lipinski definition) is 1. The van der Waals surface area contributed by atoms with Crippen LogP contribution in [0.1, 0.15) is 46.0 Å². The van der Waals surface area contributed by atoms with Gasteiger partial charge in [-0.2, -0.15) is 4.98 Å². The monoisotopic (exact) mass is 283 g/mol. The van der Waals surface area contributed by atoms with Crippen molar-refractivity contribution in [3.8, 4) is 5.88 Å². The van der Waals surface area contributed by atoms with Crippen LogP contribution in [0.15, 0.2) is 6.20 Å². The molecular weight excluding hydrogens is 262 g/mol. The maximum atomic E-state index is 6.11. The lowest BCUT2D eigenvalue weighted by atomic mass is 9.85. The van der Waals surface area contributed by atoms with E-state index in [1.807, 2.05) is 6.92 Å². The molecule has 5 heteroatoms. The van der Waals surface area contributed by atoms with E-state index in [2.05, 4.69) is 22.2 Å². The van der Waals surface area contributed by atoms with Gasteiger partial charge in [-0.25, -0.2) is 4.98 Å². The van der Waals surface area contributed by atoms with Crippen molar-refractivity contribution in [2.24, 2.45) is 5.92 Å². The molecular formula is C14H22ClN3O. The third-order valence-electron chi connectivity index (χ3n) is 3.64. The summed E-state index contributed by atoms with van der Waals surface area (Å²) in [6.07, 6.45) is 7.80. The molecule has 0 amide bonds. The maximum absolute atomic E-state index is 6.11. The van der Waals surface area contributed by atoms with E-state index in [1.54, 1.807) is 6.20 Å². The molecule has 0 saturated heterocycles. The Bertz CT molecular complexity index is 414. The van der Waals surface area contributed by atoms with E-state index in [0.29, 0.717) is 16.9 Å². The molecule has 2 rings (SSSR count). The second kappa shape index (κ2) is 6.94. The molecule has 2 unspecified atom stereocenters. The molecule has 0 spiro atoms. The van der Waals surface area contributed by atoms with Crippen molar-refractivity contribution < 1.29 is 4.74 Å². The van der Waals surface area contributed by atoms with Gasteiger partial charge in [0.15, 0.2) is 0 Å². The Labute approximate surface area is 119 Å². The molecule has 1 aromatic heterocycles. The number of rotatable bonds is 5. The van der Waals surface area contributed by atoms with Gasteiger partial charge in [0.2, 0.25) is 11.8 Å². The van der Waals surface area contributed by atoms with Crippen LogP contribution in [0.25, 0.3) is 0 Å². The van der Waals surface area contributed by atoms with E-state index in [-0.39, 0.29) is 6.10 Å². The van der Waals surface area contributed by atoms with Crippen LogP contribution in [-0.2, 0) is 0 Å². The summed E-state index contributed by atoms with van der Waals surface area (Å²) in [7, 11) is 0. The molecule has 0 bridgehead atoms. The van der Waals surface area contributed by atoms with Gasteiger partial charge >= 0.3 is 0 Å². The average molecular weight is 284 g/mol. The highest BCUT2D eigenvalue weighted by atomic mass is 35.5. The van der Waals surface area contributed by atoms with Crippen molar-refractivity contribution in [3.05, 3.63) is 11.2 Å². The fourth-order valence-corrected chi connectivity index (χ4v) is 2.69. The van der Waals surface area contributed by atoms with Crippen LogP contribution in [0.3, 0.4) is 0 Å². The first-order valence-corrected chi connectivity index (χ1v) is 7.53. The fraction of sp³-hybridized carbons (Fsp3) is 0.714. The quantitative estimate of drug-likeness (QED) is 0.890. The van der Waals surface area contributed by atoms with Crippen molar-refractivity contribution >= 4 is 17.5 Å². The van der Waals surface area contributed by atoms with Gasteiger partial charge in [-0.3, -0.25) is 0 Å². The Morgan fingerprint density at radius 1 is 1.42 bits per heavy atom. The number of ether oxygens (including phenoxy) is 1. The molecule has 106 valence electrons. The normalized spacial score (nSPS) is 23.1. The molecule has 4 nitrogen and oxygen atoms in total. The van der Waals surface area contributed by atoms with Crippen molar-refractivity contribution in [1.82, 2.24) is 9.97 Å². The van der Waals surface area contributed by atoms with E-state index in [1.165, 1.54) is 19.3 Å². The minimum atomic E-state index is 0.237. The second-order valence-electron chi connectivity index (χ2n) is 5.06. The molecule has 1 N–H and O–H groups in total. The standard InChI is InChI=1S/C14H22ClN3O/c1-3-10-6-5-7-11(8-10)19-13-12(15)9-17-14(18-13)16-4-2/h9-11H,3-8H2,1-2H3,(H,16,17,18). The van der Waals surface area contributed by atoms with Gasteiger partial charge in [-0.1, -0.05) is 31.4 Å². The van der Waals surface area contributed by atoms with Gasteiger partial charge in [0.1, 0.15) is 11.1 Å². The van der Waals surface area contributed by atoms with Crippen LogP contribution in [0.4, 0.5) is 5.95 Å². The molecule has 1 heterocycles. The van der Waals surface area contributed by atoms with Crippen LogP contribution < -0.4 is 10.1 Å². The van der Waals surface area contributed by atoms with Gasteiger partial charge in [0, 0.05) is 6.54 Å². The molecule has 1 aliphatic carbocycles. The van der Waals surface area contributed by atoms with E-state index in [4.69, 9.17) is 16.3 Å². The zero-order chi connectivity index (χ0) is 13.7. The summed E-state index contributed by atoms with van der Waals surface area (Å²) in [6.45, 7) is 5.03. The summed E-state index contributed by atoms with van der Waals surface area (Å²) >= 11 is 6.11. The Balaban J connectivity index is 2.03. The maximum Gasteiger partial charge on any atom is 0.237 e. The molecule has 0 radical (unpaired) electrons. The second-order valence-corrected chi connectivity index (χ2v) is 5.46. The van der Waals surface area contributed by atoms with Crippen molar-refractivity contribution in [2.75, 3.05) is 11.9 Å². The predicted molar refractivity (Wildman–Crippen MR) is 77.9 cm³/mol. The van der Waals surface area contributed by atoms with E-state index in [0.717, 1.165) is 25.3 Å². The smallest absolute Gasteiger partial charge is 0.237 e. The summed E-state index contributed by atoms with van der Waals surface area (Å²) in [5, 5.41) is 3.56. The van der Waals surface area contributed by atoms with Crippen LogP contribution in [0.5, 0.6) is 5.88 Å². The first kappa shape index (κ1) is 14.4. The van der Waals surface area contributed by atoms with Crippen LogP contribution in [0, 0.1) is 5.92 Å². The van der Waals surface area contributed by atoms with Crippen molar-refractivity contribution in [3.63, 3.8) is 0 Å². The van der Waals surface area contributed by atoms with Crippen LogP contribution in [0.2, 0.25) is 5.02 Å². The Morgan fingerprint density at radius 3 is 3.00 bits per heavy atom. The number of hydrogen-bond acceptors (Lipinski definition) is 4. The van der Waals surface area contributed by atoms with E-state index < -0.39 is 0 Å². The number of halogens is 1. The van der Waals surface area contributed by atoms with Gasteiger partial charge in [0.05, 0.1) is 6.20 Å². The number of anilines is 1. The molecule has 1 aliphatic rings. The van der Waals surface area contributed by atoms with Crippen molar-refractivity contribution in [2.45, 2.75) is 52.1 Å². The van der Waals surface area contributed by atoms with Gasteiger partial charge < -0.3 is 10.1 Å². The lowest BCUT2D eigenvalue weighted by Gasteiger charge is -2.28. The Morgan fingerprint density at radius 2 is 2.26 bits per heavy atom. The minimum Gasteiger partial charge on any atom is -0.473 e. The third-order valence-corrected chi connectivity index (χ3v) is 3.90. The molecule has 1 fully saturated rings. The van der Waals surface area contributed by atoms with Gasteiger partial charge in [0.25, 0.3) is 0 Å². The summed E-state index contributed by atoms with van der Waals surface area (Å²) in [6, 6.07) is 0. The number of nitrogens with one attached hydrogen (secondary N) is 1. The average Bonchev–Trinajstić information content (AvgIpc) is 2.43. The van der Waals surface area contributed by atoms with Crippen LogP contribution in [-0.4, -0.2) is 22.6 Å². The SMILES string of the molecule is CCNc1ncc(Cl)c(OC2CCCC(CC)C2)n1. The zero-order valence-electron chi connectivity index (χ0n) is 11.7. The van der Waals surface area contributed by atoms with Crippen molar-refractivity contribution in [1.29, 1.82) is 0 Å². The summed E-state index contributed by atoms with van der Waals surface area (Å²) < 4.78 is 5.98. The fourth-order valence-electron chi connectivity index (χ4n) is 2.55. The highest BCUT2D eigenvalue weighted by molar-refractivity contribution is 6.31. The number of nitrogens with zero attached hydrogens (tertiary/aromatic N) is 2. The lowest BCUT2D eigenvalue weighted by Crippen LogP contribution is -2.25. The van der Waals surface area contributed by atoms with Gasteiger partial charge in [-0.05, 0) is 32.1 Å². The molecule has 1 aromatic rings. The predicted octanol–water partition coefficient (Wildman–Crippen LogP) is 3.91. The summed E-state index contributed by atoms with van der Waals surface area (Å²) in [5.41, 5.74) is 0. The molecule has 2 atom stereocenters. The summed E-state index contributed by atoms with van der Waals surface area (Å²) in [5.74, 6) is 1.85. The topological polar surface area (TPSA) is 47.0 Å². The lowest BCUT2D eigenvalue weighted by molar-refractivity contribution is 0.117. The first-order chi connectivity index (χ1) is 9.22. The largest absolute Gasteiger partial charge is 0.473 e. The minimum absolute atomic E-state index is 0.237. The molecule has 1 saturated carbocycles. The van der Waals surface area contributed by atoms with Gasteiger partial charge in [-0.15, -0.1) is 0 Å². The molecule has 19 heavy (non-hydrogen) atoms. The zero-order valence-corrected chi connectivity index (χ0v) is 12.4. The Kier molecular flexibility index (Phi) is 5.25. The van der Waals surface area contributed by atoms with E-state index in [9.17, 15) is 0 Å². The highest BCUT2D eigenvalue weighted by Crippen LogP contribution is 2.31. The van der Waals surface area contributed by atoms with Crippen LogP contribution >= 0.6 is 11.6 Å². The third kappa shape index (κ3) is 3.96. The molecule has 0 aliphatic heterocycles. The first-order valence-electron chi connectivity index (χ1n) is 7.16. The van der Waals surface area contributed by atoms with E-state index >= 15 is 0 Å². The summed E-state index contributed by atoms with van der Waals surface area (Å²) in [4.78, 5) is 8.45.